The van der Waals surface area contributed by atoms with Crippen LogP contribution in [0.5, 0.6) is 0 Å². The molecule has 1 aliphatic rings. The molecule has 1 unspecified atom stereocenters. The van der Waals surface area contributed by atoms with E-state index in [2.05, 4.69) is 15.3 Å². The summed E-state index contributed by atoms with van der Waals surface area (Å²) in [6, 6.07) is 3.68. The van der Waals surface area contributed by atoms with E-state index in [0.717, 1.165) is 42.9 Å². The number of anilines is 1. The molecule has 0 bridgehead atoms. The van der Waals surface area contributed by atoms with Crippen LogP contribution in [0.3, 0.4) is 0 Å². The minimum atomic E-state index is -5.08. The highest BCUT2D eigenvalue weighted by molar-refractivity contribution is 5.73. The Labute approximate surface area is 150 Å². The maximum absolute atomic E-state index is 12.8. The van der Waals surface area contributed by atoms with Gasteiger partial charge in [-0.05, 0) is 24.8 Å². The predicted molar refractivity (Wildman–Crippen MR) is 86.8 cm³/mol. The molecule has 3 rings (SSSR count). The van der Waals surface area contributed by atoms with Crippen LogP contribution in [0.15, 0.2) is 29.3 Å². The van der Waals surface area contributed by atoms with Crippen LogP contribution in [0.4, 0.5) is 23.5 Å². The number of hydrogen-bond acceptors (Lipinski definition) is 5. The molecule has 2 aromatic heterocycles. The Hall–Kier alpha value is -2.98. The monoisotopic (exact) mass is 388 g/mol. The fourth-order valence-electron chi connectivity index (χ4n) is 2.61. The molecule has 0 fully saturated rings. The molecule has 0 aliphatic heterocycles. The molecule has 1 atom stereocenters. The number of carboxylic acid groups (broad SMARTS) is 1. The number of halogens is 4. The van der Waals surface area contributed by atoms with Gasteiger partial charge in [0.25, 0.3) is 0 Å². The molecule has 1 aliphatic carbocycles. The minimum absolute atomic E-state index is 0.0250. The largest absolute Gasteiger partial charge is 0.490 e. The zero-order valence-electron chi connectivity index (χ0n) is 14.1. The van der Waals surface area contributed by atoms with Crippen LogP contribution in [0.25, 0.3) is 0 Å². The number of carbonyl (C=O) groups is 1. The molecule has 27 heavy (non-hydrogen) atoms. The highest BCUT2D eigenvalue weighted by Gasteiger charge is 2.38. The number of hydrogen-bond donors (Lipinski definition) is 2. The van der Waals surface area contributed by atoms with E-state index < -0.39 is 18.0 Å². The lowest BCUT2D eigenvalue weighted by Gasteiger charge is -2.26. The standard InChI is InChI=1S/C14H15FN4O.C2HF3O2/c1-19-12-4-3-11(6-9(12)2-5-13(19)20)18-14-16-7-10(15)8-17-14;3-2(4,5)1(6)7/h2,5,7-8,11H,3-4,6H2,1H3,(H,16,17,18);(H,6,7). The Morgan fingerprint density at radius 3 is 2.44 bits per heavy atom. The second-order valence-corrected chi connectivity index (χ2v) is 5.81. The first-order chi connectivity index (χ1) is 12.6. The van der Waals surface area contributed by atoms with Crippen molar-refractivity contribution in [2.45, 2.75) is 31.5 Å². The Kier molecular flexibility index (Phi) is 6.13. The van der Waals surface area contributed by atoms with Gasteiger partial charge in [-0.25, -0.2) is 19.2 Å². The van der Waals surface area contributed by atoms with E-state index in [9.17, 15) is 22.4 Å². The molecule has 11 heteroatoms. The summed E-state index contributed by atoms with van der Waals surface area (Å²) in [7, 11) is 1.80. The first kappa shape index (κ1) is 20.3. The molecule has 0 radical (unpaired) electrons. The number of nitrogens with one attached hydrogen (secondary N) is 1. The number of aromatic nitrogens is 3. The van der Waals surface area contributed by atoms with Crippen molar-refractivity contribution in [1.29, 1.82) is 0 Å². The quantitative estimate of drug-likeness (QED) is 0.763. The minimum Gasteiger partial charge on any atom is -0.475 e. The predicted octanol–water partition coefficient (Wildman–Crippen LogP) is 1.92. The van der Waals surface area contributed by atoms with Gasteiger partial charge >= 0.3 is 12.1 Å². The maximum Gasteiger partial charge on any atom is 0.490 e. The van der Waals surface area contributed by atoms with Gasteiger partial charge in [0.05, 0.1) is 12.4 Å². The third-order valence-corrected chi connectivity index (χ3v) is 3.93. The van der Waals surface area contributed by atoms with Crippen LogP contribution >= 0.6 is 0 Å². The first-order valence-electron chi connectivity index (χ1n) is 7.80. The lowest BCUT2D eigenvalue weighted by Crippen LogP contribution is -2.32. The van der Waals surface area contributed by atoms with Crippen molar-refractivity contribution in [2.24, 2.45) is 7.05 Å². The summed E-state index contributed by atoms with van der Waals surface area (Å²) in [6.45, 7) is 0. The molecule has 0 saturated carbocycles. The lowest BCUT2D eigenvalue weighted by atomic mass is 9.91. The molecule has 0 amide bonds. The van der Waals surface area contributed by atoms with Gasteiger partial charge in [-0.2, -0.15) is 13.2 Å². The van der Waals surface area contributed by atoms with Crippen LogP contribution in [-0.2, 0) is 24.7 Å². The average molecular weight is 388 g/mol. The summed E-state index contributed by atoms with van der Waals surface area (Å²) in [4.78, 5) is 28.3. The number of nitrogens with zero attached hydrogens (tertiary/aromatic N) is 3. The van der Waals surface area contributed by atoms with Crippen molar-refractivity contribution in [1.82, 2.24) is 14.5 Å². The number of pyridine rings is 1. The van der Waals surface area contributed by atoms with E-state index in [1.54, 1.807) is 17.7 Å². The molecule has 0 aromatic carbocycles. The van der Waals surface area contributed by atoms with Crippen molar-refractivity contribution in [3.05, 3.63) is 52.0 Å². The summed E-state index contributed by atoms with van der Waals surface area (Å²) in [5.74, 6) is -2.77. The van der Waals surface area contributed by atoms with Gasteiger partial charge in [0.2, 0.25) is 11.5 Å². The van der Waals surface area contributed by atoms with E-state index in [4.69, 9.17) is 9.90 Å². The fourth-order valence-corrected chi connectivity index (χ4v) is 2.61. The third kappa shape index (κ3) is 5.50. The molecule has 7 nitrogen and oxygen atoms in total. The molecule has 2 N–H and O–H groups in total. The van der Waals surface area contributed by atoms with Crippen LogP contribution < -0.4 is 10.9 Å². The second-order valence-electron chi connectivity index (χ2n) is 5.81. The SMILES string of the molecule is Cn1c2c(ccc1=O)CC(Nc1ncc(F)cn1)CC2.O=C(O)C(F)(F)F. The van der Waals surface area contributed by atoms with E-state index in [1.807, 2.05) is 6.07 Å². The Balaban J connectivity index is 0.000000321. The molecular formula is C16H16F4N4O3. The molecular weight excluding hydrogens is 372 g/mol. The van der Waals surface area contributed by atoms with E-state index in [1.165, 1.54) is 0 Å². The Morgan fingerprint density at radius 1 is 1.30 bits per heavy atom. The van der Waals surface area contributed by atoms with Gasteiger partial charge in [-0.1, -0.05) is 6.07 Å². The smallest absolute Gasteiger partial charge is 0.475 e. The summed E-state index contributed by atoms with van der Waals surface area (Å²) < 4.78 is 46.2. The number of carboxylic acids is 1. The normalized spacial score (nSPS) is 16.0. The van der Waals surface area contributed by atoms with Crippen LogP contribution in [0.1, 0.15) is 17.7 Å². The first-order valence-corrected chi connectivity index (χ1v) is 7.80. The van der Waals surface area contributed by atoms with Crippen LogP contribution in [-0.4, -0.2) is 37.8 Å². The number of aliphatic carboxylic acids is 1. The number of rotatable bonds is 2. The van der Waals surface area contributed by atoms with E-state index in [-0.39, 0.29) is 11.6 Å². The van der Waals surface area contributed by atoms with Crippen LogP contribution in [0, 0.1) is 5.82 Å². The van der Waals surface area contributed by atoms with Gasteiger partial charge in [-0.15, -0.1) is 0 Å². The van der Waals surface area contributed by atoms with Crippen molar-refractivity contribution in [3.8, 4) is 0 Å². The summed E-state index contributed by atoms with van der Waals surface area (Å²) >= 11 is 0. The number of fused-ring (bicyclic) bond motifs is 1. The highest BCUT2D eigenvalue weighted by Crippen LogP contribution is 2.21. The zero-order chi connectivity index (χ0) is 20.2. The summed E-state index contributed by atoms with van der Waals surface area (Å²) in [6.07, 6.45) is -0.248. The highest BCUT2D eigenvalue weighted by atomic mass is 19.4. The van der Waals surface area contributed by atoms with Gasteiger partial charge in [0, 0.05) is 24.8 Å². The van der Waals surface area contributed by atoms with Gasteiger partial charge in [-0.3, -0.25) is 4.79 Å². The van der Waals surface area contributed by atoms with Gasteiger partial charge in [0.1, 0.15) is 0 Å². The molecule has 146 valence electrons. The van der Waals surface area contributed by atoms with Crippen molar-refractivity contribution < 1.29 is 27.5 Å². The fraction of sp³-hybridized carbons (Fsp3) is 0.375. The molecule has 2 aromatic rings. The Morgan fingerprint density at radius 2 is 1.89 bits per heavy atom. The maximum atomic E-state index is 12.8. The van der Waals surface area contributed by atoms with E-state index in [0.29, 0.717) is 5.95 Å². The van der Waals surface area contributed by atoms with Gasteiger partial charge < -0.3 is 15.0 Å². The van der Waals surface area contributed by atoms with Crippen molar-refractivity contribution in [2.75, 3.05) is 5.32 Å². The molecule has 0 spiro atoms. The summed E-state index contributed by atoms with van der Waals surface area (Å²) in [5, 5.41) is 10.3. The molecule has 2 heterocycles. The van der Waals surface area contributed by atoms with Gasteiger partial charge in [0.15, 0.2) is 5.82 Å². The zero-order valence-corrected chi connectivity index (χ0v) is 14.1. The second kappa shape index (κ2) is 8.14. The summed E-state index contributed by atoms with van der Waals surface area (Å²) in [5.41, 5.74) is 2.28. The topological polar surface area (TPSA) is 97.1 Å². The van der Waals surface area contributed by atoms with E-state index >= 15 is 0 Å². The lowest BCUT2D eigenvalue weighted by molar-refractivity contribution is -0.192. The average Bonchev–Trinajstić information content (AvgIpc) is 2.60. The third-order valence-electron chi connectivity index (χ3n) is 3.93. The number of alkyl halides is 3. The van der Waals surface area contributed by atoms with Crippen molar-refractivity contribution in [3.63, 3.8) is 0 Å². The van der Waals surface area contributed by atoms with Crippen LogP contribution in [0.2, 0.25) is 0 Å². The Bertz CT molecular complexity index is 865. The molecule has 0 saturated heterocycles. The van der Waals surface area contributed by atoms with Crippen molar-refractivity contribution >= 4 is 11.9 Å².